The van der Waals surface area contributed by atoms with Gasteiger partial charge in [0.25, 0.3) is 6.71 Å². The van der Waals surface area contributed by atoms with Crippen LogP contribution in [0.4, 0.5) is 34.1 Å². The Morgan fingerprint density at radius 1 is 0.610 bits per heavy atom. The second-order valence-corrected chi connectivity index (χ2v) is 30.0. The summed E-state index contributed by atoms with van der Waals surface area (Å²) in [5.74, 6) is 0. The average molecular weight is 1040 g/mol. The van der Waals surface area contributed by atoms with Crippen molar-refractivity contribution in [1.29, 1.82) is 0 Å². The Balaban J connectivity index is 1.16. The Hall–Kier alpha value is -6.27. The molecule has 0 amide bonds. The molecule has 0 saturated carbocycles. The van der Waals surface area contributed by atoms with Gasteiger partial charge in [0.05, 0.1) is 11.4 Å². The zero-order chi connectivity index (χ0) is 53.6. The van der Waals surface area contributed by atoms with Crippen LogP contribution >= 0.6 is 21.4 Å². The van der Waals surface area contributed by atoms with E-state index in [2.05, 4.69) is 257 Å². The highest BCUT2D eigenvalue weighted by molar-refractivity contribution is 8.34. The molecule has 2 nitrogen and oxygen atoms in total. The first-order chi connectivity index (χ1) is 36.9. The van der Waals surface area contributed by atoms with E-state index in [1.165, 1.54) is 156 Å². The number of anilines is 6. The molecule has 4 heterocycles. The van der Waals surface area contributed by atoms with Crippen molar-refractivity contribution < 1.29 is 0 Å². The molecule has 388 valence electrons. The Bertz CT molecular complexity index is 3800. The molecule has 77 heavy (non-hydrogen) atoms. The number of aryl methyl sites for hydroxylation is 2. The maximum absolute atomic E-state index is 2.77. The second kappa shape index (κ2) is 17.9. The van der Waals surface area contributed by atoms with Crippen molar-refractivity contribution in [2.75, 3.05) is 9.80 Å². The molecule has 0 saturated heterocycles. The maximum atomic E-state index is 2.77. The molecule has 0 unspecified atom stereocenters. The van der Waals surface area contributed by atoms with Crippen LogP contribution in [0.2, 0.25) is 0 Å². The van der Waals surface area contributed by atoms with Crippen molar-refractivity contribution in [1.82, 2.24) is 0 Å². The highest BCUT2D eigenvalue weighted by Gasteiger charge is 2.50. The lowest BCUT2D eigenvalue weighted by Gasteiger charge is -2.47. The summed E-state index contributed by atoms with van der Waals surface area (Å²) in [5.41, 5.74) is 22.0. The highest BCUT2D eigenvalue weighted by atomic mass is 32.3. The van der Waals surface area contributed by atoms with Crippen LogP contribution in [-0.4, -0.2) is 6.71 Å². The number of unbranched alkanes of at least 4 members (excludes halogenated alkanes) is 1. The van der Waals surface area contributed by atoms with Gasteiger partial charge in [-0.05, 0) is 189 Å². The lowest BCUT2D eigenvalue weighted by atomic mass is 9.35. The van der Waals surface area contributed by atoms with Crippen LogP contribution in [0.25, 0.3) is 21.2 Å². The van der Waals surface area contributed by atoms with E-state index >= 15 is 0 Å². The largest absolute Gasteiger partial charge is 0.311 e. The summed E-state index contributed by atoms with van der Waals surface area (Å²) in [5, 5.41) is 1.34. The number of nitrogens with zero attached hydrogens (tertiary/aromatic N) is 2. The molecule has 0 N–H and O–H groups in total. The SMILES string of the molecule is CCCCC(C)(C)c1ccc(N2c3cc4c(cc3B3c5sc6ccc(C(C)(C)C)cc6c5N(c5cccc6c5-c5ccccc5S6(c5ccccc5)c5ccccc5)c5cc(C)cc2c53)C(C)(C)CCC4(C)C)cc1CC. The number of benzene rings is 8. The van der Waals surface area contributed by atoms with Gasteiger partial charge < -0.3 is 9.80 Å². The lowest BCUT2D eigenvalue weighted by Crippen LogP contribution is -2.61. The van der Waals surface area contributed by atoms with Crippen molar-refractivity contribution in [3.63, 3.8) is 0 Å². The van der Waals surface area contributed by atoms with Gasteiger partial charge in [0, 0.05) is 62.8 Å². The van der Waals surface area contributed by atoms with Crippen molar-refractivity contribution in [2.45, 2.75) is 163 Å². The van der Waals surface area contributed by atoms with Crippen molar-refractivity contribution in [2.24, 2.45) is 0 Å². The van der Waals surface area contributed by atoms with Crippen molar-refractivity contribution in [3.05, 3.63) is 197 Å². The molecular formula is C72H75BN2S2. The van der Waals surface area contributed by atoms with Crippen LogP contribution in [0.3, 0.4) is 0 Å². The molecule has 0 spiro atoms. The Labute approximate surface area is 466 Å². The average Bonchev–Trinajstić information content (AvgIpc) is 4.09. The predicted octanol–water partition coefficient (Wildman–Crippen LogP) is 19.3. The summed E-state index contributed by atoms with van der Waals surface area (Å²) in [7, 11) is -1.90. The fraction of sp³-hybridized carbons (Fsp3) is 0.306. The van der Waals surface area contributed by atoms with Gasteiger partial charge >= 0.3 is 0 Å². The van der Waals surface area contributed by atoms with Gasteiger partial charge in [-0.1, -0.05) is 168 Å². The highest BCUT2D eigenvalue weighted by Crippen LogP contribution is 2.81. The molecule has 8 aromatic carbocycles. The fourth-order valence-corrected chi connectivity index (χ4v) is 19.8. The number of hydrogen-bond donors (Lipinski definition) is 0. The first-order valence-electron chi connectivity index (χ1n) is 28.7. The van der Waals surface area contributed by atoms with E-state index in [0.717, 1.165) is 6.42 Å². The van der Waals surface area contributed by atoms with Gasteiger partial charge in [0.2, 0.25) is 0 Å². The third kappa shape index (κ3) is 7.49. The van der Waals surface area contributed by atoms with Gasteiger partial charge in [-0.2, -0.15) is 0 Å². The summed E-state index contributed by atoms with van der Waals surface area (Å²) < 4.78 is 2.78. The third-order valence-electron chi connectivity index (χ3n) is 18.5. The van der Waals surface area contributed by atoms with E-state index in [9.17, 15) is 0 Å². The minimum Gasteiger partial charge on any atom is -0.311 e. The zero-order valence-electron chi connectivity index (χ0n) is 47.6. The van der Waals surface area contributed by atoms with Crippen LogP contribution in [0, 0.1) is 6.92 Å². The van der Waals surface area contributed by atoms with Crippen LogP contribution in [0.5, 0.6) is 0 Å². The van der Waals surface area contributed by atoms with Crippen LogP contribution in [0.1, 0.15) is 142 Å². The predicted molar refractivity (Wildman–Crippen MR) is 335 cm³/mol. The summed E-state index contributed by atoms with van der Waals surface area (Å²) in [6.45, 7) is 29.1. The summed E-state index contributed by atoms with van der Waals surface area (Å²) in [4.78, 5) is 11.0. The molecule has 0 bridgehead atoms. The van der Waals surface area contributed by atoms with Crippen LogP contribution in [0.15, 0.2) is 183 Å². The Morgan fingerprint density at radius 2 is 1.25 bits per heavy atom. The third-order valence-corrected chi connectivity index (χ3v) is 23.7. The van der Waals surface area contributed by atoms with E-state index < -0.39 is 10.0 Å². The number of rotatable bonds is 9. The van der Waals surface area contributed by atoms with E-state index in [4.69, 9.17) is 0 Å². The molecule has 0 atom stereocenters. The minimum absolute atomic E-state index is 0.0278. The van der Waals surface area contributed by atoms with Gasteiger partial charge in [0.15, 0.2) is 0 Å². The Morgan fingerprint density at radius 3 is 1.91 bits per heavy atom. The zero-order valence-corrected chi connectivity index (χ0v) is 49.3. The summed E-state index contributed by atoms with van der Waals surface area (Å²) in [6.07, 6.45) is 6.96. The molecule has 1 aromatic heterocycles. The van der Waals surface area contributed by atoms with Gasteiger partial charge in [-0.3, -0.25) is 0 Å². The number of thiophene rings is 1. The van der Waals surface area contributed by atoms with Gasteiger partial charge in [0.1, 0.15) is 0 Å². The topological polar surface area (TPSA) is 6.48 Å². The molecular weight excluding hydrogens is 968 g/mol. The lowest BCUT2D eigenvalue weighted by molar-refractivity contribution is 0.332. The molecule has 5 heteroatoms. The normalized spacial score (nSPS) is 16.8. The van der Waals surface area contributed by atoms with Crippen molar-refractivity contribution in [3.8, 4) is 11.1 Å². The molecule has 3 aliphatic heterocycles. The van der Waals surface area contributed by atoms with E-state index in [-0.39, 0.29) is 28.4 Å². The first kappa shape index (κ1) is 50.3. The standard InChI is InChI=1S/C72H75BN2S2/c1-13-15-37-70(7,8)54-35-34-49(42-47(54)14-2)74-59-45-56-55(71(9,10)38-39-72(56,11)12)44-57(59)73-66-60(74)40-46(3)41-61(66)75(67-53-43-48(69(4,5)6)33-36-62(53)76-68(67)73)58-30-24-32-64-65(58)52-29-22-23-31-63(52)77(64,50-25-18-16-19-26-50)51-27-20-17-21-28-51/h16-36,40-45H,13-15,37-39H2,1-12H3. The fourth-order valence-electron chi connectivity index (χ4n) is 14.3. The molecule has 9 aromatic rings. The van der Waals surface area contributed by atoms with Crippen molar-refractivity contribution >= 4 is 88.0 Å². The molecule has 13 rings (SSSR count). The van der Waals surface area contributed by atoms with E-state index in [0.29, 0.717) is 0 Å². The molecule has 0 radical (unpaired) electrons. The van der Waals surface area contributed by atoms with Gasteiger partial charge in [-0.15, -0.1) is 21.4 Å². The Kier molecular flexibility index (Phi) is 11.7. The second-order valence-electron chi connectivity index (χ2n) is 25.9. The smallest absolute Gasteiger partial charge is 0.264 e. The molecule has 1 aliphatic carbocycles. The maximum Gasteiger partial charge on any atom is 0.264 e. The summed E-state index contributed by atoms with van der Waals surface area (Å²) in [6, 6.07) is 65.0. The monoisotopic (exact) mass is 1040 g/mol. The van der Waals surface area contributed by atoms with Gasteiger partial charge in [-0.25, -0.2) is 0 Å². The quantitative estimate of drug-likeness (QED) is 0.133. The number of fused-ring (bicyclic) bond motifs is 10. The van der Waals surface area contributed by atoms with Crippen LogP contribution < -0.4 is 25.5 Å². The summed E-state index contributed by atoms with van der Waals surface area (Å²) >= 11 is 2.03. The minimum atomic E-state index is -1.90. The first-order valence-corrected chi connectivity index (χ1v) is 31.1. The van der Waals surface area contributed by atoms with Crippen LogP contribution in [-0.2, 0) is 28.1 Å². The van der Waals surface area contributed by atoms with E-state index in [1.807, 2.05) is 11.3 Å². The molecule has 0 fully saturated rings. The molecule has 4 aliphatic rings. The van der Waals surface area contributed by atoms with E-state index in [1.54, 1.807) is 0 Å². The number of hydrogen-bond acceptors (Lipinski definition) is 3.